The smallest absolute Gasteiger partial charge is 0.329 e. The van der Waals surface area contributed by atoms with Crippen molar-refractivity contribution < 1.29 is 14.3 Å². The summed E-state index contributed by atoms with van der Waals surface area (Å²) in [5, 5.41) is 8.97. The third-order valence-electron chi connectivity index (χ3n) is 1.98. The maximum atomic E-state index is 11.5. The Labute approximate surface area is 100.0 Å². The molecule has 1 atom stereocenters. The summed E-state index contributed by atoms with van der Waals surface area (Å²) in [6, 6.07) is 6.85. The molecule has 0 aromatic carbocycles. The average Bonchev–Trinajstić information content (AvgIpc) is 2.31. The van der Waals surface area contributed by atoms with Crippen molar-refractivity contribution in [3.63, 3.8) is 0 Å². The molecule has 0 saturated heterocycles. The van der Waals surface area contributed by atoms with Gasteiger partial charge in [0.2, 0.25) is 5.88 Å². The van der Waals surface area contributed by atoms with E-state index < -0.39 is 11.9 Å². The highest BCUT2D eigenvalue weighted by molar-refractivity contribution is 5.80. The summed E-state index contributed by atoms with van der Waals surface area (Å²) in [6.45, 7) is 4.24. The second kappa shape index (κ2) is 6.48. The Balaban J connectivity index is 2.92. The summed E-state index contributed by atoms with van der Waals surface area (Å²) in [6.07, 6.45) is 0. The lowest BCUT2D eigenvalue weighted by molar-refractivity contribution is -0.143. The van der Waals surface area contributed by atoms with E-state index in [1.807, 2.05) is 13.0 Å². The largest absolute Gasteiger partial charge is 0.478 e. The van der Waals surface area contributed by atoms with E-state index in [0.717, 1.165) is 0 Å². The molecule has 1 aromatic rings. The lowest BCUT2D eigenvalue weighted by Crippen LogP contribution is -2.15. The Morgan fingerprint density at radius 2 is 2.24 bits per heavy atom. The first-order valence-corrected chi connectivity index (χ1v) is 5.38. The number of carbonyl (C=O) groups is 1. The van der Waals surface area contributed by atoms with Gasteiger partial charge in [0.15, 0.2) is 5.92 Å². The molecular formula is C12H14N2O3. The van der Waals surface area contributed by atoms with Crippen LogP contribution in [0.3, 0.4) is 0 Å². The van der Waals surface area contributed by atoms with Crippen LogP contribution in [-0.4, -0.2) is 24.2 Å². The van der Waals surface area contributed by atoms with Gasteiger partial charge in [-0.25, -0.2) is 4.98 Å². The lowest BCUT2D eigenvalue weighted by Gasteiger charge is -2.09. The molecule has 1 unspecified atom stereocenters. The summed E-state index contributed by atoms with van der Waals surface area (Å²) < 4.78 is 10.0. The number of esters is 1. The van der Waals surface area contributed by atoms with Crippen LogP contribution in [0.5, 0.6) is 5.88 Å². The molecule has 0 aliphatic heterocycles. The number of ether oxygens (including phenoxy) is 2. The van der Waals surface area contributed by atoms with Crippen LogP contribution in [-0.2, 0) is 9.53 Å². The van der Waals surface area contributed by atoms with Crippen LogP contribution in [0, 0.1) is 11.3 Å². The first kappa shape index (κ1) is 13.0. The van der Waals surface area contributed by atoms with Gasteiger partial charge < -0.3 is 9.47 Å². The Kier molecular flexibility index (Phi) is 4.95. The molecule has 0 amide bonds. The zero-order valence-corrected chi connectivity index (χ0v) is 9.84. The number of hydrogen-bond acceptors (Lipinski definition) is 5. The Bertz CT molecular complexity index is 426. The molecule has 0 N–H and O–H groups in total. The Morgan fingerprint density at radius 3 is 2.82 bits per heavy atom. The van der Waals surface area contributed by atoms with Crippen molar-refractivity contribution in [2.24, 2.45) is 0 Å². The average molecular weight is 234 g/mol. The van der Waals surface area contributed by atoms with Gasteiger partial charge in [-0.1, -0.05) is 6.07 Å². The van der Waals surface area contributed by atoms with Crippen LogP contribution < -0.4 is 4.74 Å². The van der Waals surface area contributed by atoms with E-state index in [1.165, 1.54) is 0 Å². The number of nitriles is 1. The highest BCUT2D eigenvalue weighted by Crippen LogP contribution is 2.17. The number of hydrogen-bond donors (Lipinski definition) is 0. The van der Waals surface area contributed by atoms with E-state index in [0.29, 0.717) is 18.2 Å². The molecule has 5 nitrogen and oxygen atoms in total. The molecule has 1 aromatic heterocycles. The van der Waals surface area contributed by atoms with E-state index in [9.17, 15) is 4.79 Å². The minimum atomic E-state index is -1.00. The van der Waals surface area contributed by atoms with Crippen molar-refractivity contribution >= 4 is 5.97 Å². The van der Waals surface area contributed by atoms with Crippen LogP contribution in [0.4, 0.5) is 0 Å². The van der Waals surface area contributed by atoms with Crippen molar-refractivity contribution in [3.05, 3.63) is 23.9 Å². The predicted molar refractivity (Wildman–Crippen MR) is 60.4 cm³/mol. The number of rotatable bonds is 5. The van der Waals surface area contributed by atoms with E-state index in [-0.39, 0.29) is 6.61 Å². The molecule has 0 fully saturated rings. The first-order valence-electron chi connectivity index (χ1n) is 5.38. The van der Waals surface area contributed by atoms with Gasteiger partial charge in [0.1, 0.15) is 0 Å². The van der Waals surface area contributed by atoms with E-state index in [1.54, 1.807) is 25.1 Å². The summed E-state index contributed by atoms with van der Waals surface area (Å²) in [4.78, 5) is 15.6. The normalized spacial score (nSPS) is 11.4. The van der Waals surface area contributed by atoms with Crippen LogP contribution >= 0.6 is 0 Å². The number of aromatic nitrogens is 1. The standard InChI is InChI=1S/C12H14N2O3/c1-3-16-11-7-5-6-10(14-11)9(8-13)12(15)17-4-2/h5-7,9H,3-4H2,1-2H3. The van der Waals surface area contributed by atoms with Crippen LogP contribution in [0.25, 0.3) is 0 Å². The summed E-state index contributed by atoms with van der Waals surface area (Å²) in [5.41, 5.74) is 0.344. The van der Waals surface area contributed by atoms with Crippen LogP contribution in [0.1, 0.15) is 25.5 Å². The molecular weight excluding hydrogens is 220 g/mol. The van der Waals surface area contributed by atoms with Crippen molar-refractivity contribution in [2.75, 3.05) is 13.2 Å². The number of carbonyl (C=O) groups excluding carboxylic acids is 1. The molecule has 0 bridgehead atoms. The Morgan fingerprint density at radius 1 is 1.47 bits per heavy atom. The fourth-order valence-electron chi connectivity index (χ4n) is 1.29. The van der Waals surface area contributed by atoms with E-state index >= 15 is 0 Å². The molecule has 90 valence electrons. The van der Waals surface area contributed by atoms with Crippen molar-refractivity contribution in [2.45, 2.75) is 19.8 Å². The van der Waals surface area contributed by atoms with Crippen molar-refractivity contribution in [3.8, 4) is 11.9 Å². The molecule has 1 heterocycles. The van der Waals surface area contributed by atoms with Crippen LogP contribution in [0.2, 0.25) is 0 Å². The Hall–Kier alpha value is -2.09. The fraction of sp³-hybridized carbons (Fsp3) is 0.417. The molecule has 0 aliphatic carbocycles. The minimum Gasteiger partial charge on any atom is -0.478 e. The molecule has 0 saturated carbocycles. The summed E-state index contributed by atoms with van der Waals surface area (Å²) in [5.74, 6) is -1.19. The topological polar surface area (TPSA) is 72.2 Å². The highest BCUT2D eigenvalue weighted by Gasteiger charge is 2.23. The van der Waals surface area contributed by atoms with Crippen molar-refractivity contribution in [1.82, 2.24) is 4.98 Å². The molecule has 17 heavy (non-hydrogen) atoms. The monoisotopic (exact) mass is 234 g/mol. The van der Waals surface area contributed by atoms with Crippen molar-refractivity contribution in [1.29, 1.82) is 5.26 Å². The quantitative estimate of drug-likeness (QED) is 0.724. The lowest BCUT2D eigenvalue weighted by atomic mass is 10.1. The highest BCUT2D eigenvalue weighted by atomic mass is 16.5. The minimum absolute atomic E-state index is 0.238. The van der Waals surface area contributed by atoms with Gasteiger partial charge in [-0.05, 0) is 19.9 Å². The summed E-state index contributed by atoms with van der Waals surface area (Å²) >= 11 is 0. The zero-order valence-electron chi connectivity index (χ0n) is 9.84. The molecule has 0 radical (unpaired) electrons. The van der Waals surface area contributed by atoms with Gasteiger partial charge in [0.25, 0.3) is 0 Å². The van der Waals surface area contributed by atoms with E-state index in [2.05, 4.69) is 4.98 Å². The molecule has 0 aliphatic rings. The molecule has 0 spiro atoms. The van der Waals surface area contributed by atoms with E-state index in [4.69, 9.17) is 14.7 Å². The second-order valence-electron chi connectivity index (χ2n) is 3.15. The van der Waals surface area contributed by atoms with Gasteiger partial charge in [-0.15, -0.1) is 0 Å². The SMILES string of the molecule is CCOC(=O)C(C#N)c1cccc(OCC)n1. The maximum Gasteiger partial charge on any atom is 0.329 e. The fourth-order valence-corrected chi connectivity index (χ4v) is 1.29. The summed E-state index contributed by atoms with van der Waals surface area (Å²) in [7, 11) is 0. The number of pyridine rings is 1. The van der Waals surface area contributed by atoms with Crippen LogP contribution in [0.15, 0.2) is 18.2 Å². The van der Waals surface area contributed by atoms with Gasteiger partial charge >= 0.3 is 5.97 Å². The third kappa shape index (κ3) is 3.45. The van der Waals surface area contributed by atoms with Gasteiger partial charge in [-0.3, -0.25) is 4.79 Å². The first-order chi connectivity index (χ1) is 8.22. The van der Waals surface area contributed by atoms with Gasteiger partial charge in [0, 0.05) is 6.07 Å². The van der Waals surface area contributed by atoms with Gasteiger partial charge in [0.05, 0.1) is 25.0 Å². The third-order valence-corrected chi connectivity index (χ3v) is 1.98. The predicted octanol–water partition coefficient (Wildman–Crippen LogP) is 1.65. The maximum absolute atomic E-state index is 11.5. The second-order valence-corrected chi connectivity index (χ2v) is 3.15. The molecule has 1 rings (SSSR count). The zero-order chi connectivity index (χ0) is 12.7. The molecule has 5 heteroatoms. The number of nitrogens with zero attached hydrogens (tertiary/aromatic N) is 2. The van der Waals surface area contributed by atoms with Gasteiger partial charge in [-0.2, -0.15) is 5.26 Å².